The normalized spacial score (nSPS) is 17.6. The van der Waals surface area contributed by atoms with E-state index in [4.69, 9.17) is 0 Å². The molecule has 20 heavy (non-hydrogen) atoms. The van der Waals surface area contributed by atoms with Gasteiger partial charge in [-0.3, -0.25) is 4.79 Å². The molecule has 2 aromatic carbocycles. The van der Waals surface area contributed by atoms with Crippen LogP contribution in [0.25, 0.3) is 0 Å². The molecular formula is C18H17FO. The molecule has 0 aliphatic heterocycles. The lowest BCUT2D eigenvalue weighted by atomic mass is 9.79. The summed E-state index contributed by atoms with van der Waals surface area (Å²) < 4.78 is 13.4. The predicted molar refractivity (Wildman–Crippen MR) is 77.4 cm³/mol. The van der Waals surface area contributed by atoms with E-state index >= 15 is 0 Å². The quantitative estimate of drug-likeness (QED) is 0.749. The first-order valence-corrected chi connectivity index (χ1v) is 7.02. The van der Waals surface area contributed by atoms with Crippen molar-refractivity contribution in [1.29, 1.82) is 0 Å². The minimum Gasteiger partial charge on any atom is -0.294 e. The number of fused-ring (bicyclic) bond motifs is 1. The third kappa shape index (κ3) is 2.38. The van der Waals surface area contributed by atoms with Gasteiger partial charge in [0.05, 0.1) is 0 Å². The number of Topliss-reactive ketones (excluding diaryl/α,β-unsaturated/α-hetero) is 1. The van der Waals surface area contributed by atoms with Crippen molar-refractivity contribution in [3.8, 4) is 0 Å². The average molecular weight is 268 g/mol. The Kier molecular flexibility index (Phi) is 3.39. The van der Waals surface area contributed by atoms with E-state index in [1.54, 1.807) is 6.07 Å². The average Bonchev–Trinajstić information content (AvgIpc) is 2.48. The van der Waals surface area contributed by atoms with Crippen LogP contribution in [0.1, 0.15) is 33.5 Å². The lowest BCUT2D eigenvalue weighted by molar-refractivity contribution is 0.0907. The Balaban J connectivity index is 1.88. The van der Waals surface area contributed by atoms with Crippen molar-refractivity contribution in [3.63, 3.8) is 0 Å². The van der Waals surface area contributed by atoms with Crippen LogP contribution >= 0.6 is 0 Å². The van der Waals surface area contributed by atoms with Gasteiger partial charge in [0.1, 0.15) is 5.82 Å². The fourth-order valence-electron chi connectivity index (χ4n) is 3.00. The van der Waals surface area contributed by atoms with Crippen LogP contribution in [0.15, 0.2) is 42.5 Å². The first-order valence-electron chi connectivity index (χ1n) is 7.02. The Hall–Kier alpha value is -1.96. The predicted octanol–water partition coefficient (Wildman–Crippen LogP) is 4.12. The van der Waals surface area contributed by atoms with Gasteiger partial charge in [0.25, 0.3) is 0 Å². The number of halogens is 1. The zero-order valence-corrected chi connectivity index (χ0v) is 11.5. The molecule has 1 atom stereocenters. The first kappa shape index (κ1) is 13.0. The topological polar surface area (TPSA) is 17.1 Å². The van der Waals surface area contributed by atoms with Gasteiger partial charge in [0.2, 0.25) is 0 Å². The summed E-state index contributed by atoms with van der Waals surface area (Å²) in [6.45, 7) is 1.86. The minimum atomic E-state index is -0.338. The molecule has 0 aromatic heterocycles. The van der Waals surface area contributed by atoms with E-state index in [2.05, 4.69) is 12.1 Å². The number of aryl methyl sites for hydroxylation is 2. The number of benzene rings is 2. The fourth-order valence-corrected chi connectivity index (χ4v) is 3.00. The van der Waals surface area contributed by atoms with Crippen LogP contribution in [0.4, 0.5) is 4.39 Å². The van der Waals surface area contributed by atoms with Gasteiger partial charge in [-0.25, -0.2) is 4.39 Å². The van der Waals surface area contributed by atoms with Crippen LogP contribution in [0.3, 0.4) is 0 Å². The summed E-state index contributed by atoms with van der Waals surface area (Å²) in [6, 6.07) is 12.7. The van der Waals surface area contributed by atoms with Gasteiger partial charge >= 0.3 is 0 Å². The largest absolute Gasteiger partial charge is 0.294 e. The van der Waals surface area contributed by atoms with Crippen LogP contribution in [0, 0.1) is 18.7 Å². The summed E-state index contributed by atoms with van der Waals surface area (Å²) in [5.41, 5.74) is 3.99. The third-order valence-corrected chi connectivity index (χ3v) is 4.18. The van der Waals surface area contributed by atoms with Crippen molar-refractivity contribution in [2.45, 2.75) is 26.2 Å². The maximum Gasteiger partial charge on any atom is 0.166 e. The van der Waals surface area contributed by atoms with Crippen LogP contribution in [-0.4, -0.2) is 5.78 Å². The van der Waals surface area contributed by atoms with Crippen LogP contribution in [-0.2, 0) is 12.8 Å². The van der Waals surface area contributed by atoms with E-state index in [-0.39, 0.29) is 17.5 Å². The smallest absolute Gasteiger partial charge is 0.166 e. The summed E-state index contributed by atoms with van der Waals surface area (Å²) >= 11 is 0. The standard InChI is InChI=1S/C18H17FO/c1-12-6-9-16(19)11-17(12)18(20)15-8-7-13-4-2-3-5-14(13)10-15/h2-6,9,11,15H,7-8,10H2,1H3. The second-order valence-electron chi connectivity index (χ2n) is 5.53. The van der Waals surface area contributed by atoms with Crippen molar-refractivity contribution < 1.29 is 9.18 Å². The van der Waals surface area contributed by atoms with Gasteiger partial charge in [-0.05, 0) is 55.0 Å². The maximum atomic E-state index is 13.4. The Labute approximate surface area is 118 Å². The van der Waals surface area contributed by atoms with Gasteiger partial charge < -0.3 is 0 Å². The summed E-state index contributed by atoms with van der Waals surface area (Å²) in [7, 11) is 0. The first-order chi connectivity index (χ1) is 9.65. The highest BCUT2D eigenvalue weighted by molar-refractivity contribution is 5.99. The Morgan fingerprint density at radius 3 is 2.70 bits per heavy atom. The van der Waals surface area contributed by atoms with E-state index < -0.39 is 0 Å². The van der Waals surface area contributed by atoms with Crippen LogP contribution in [0.5, 0.6) is 0 Å². The summed E-state index contributed by atoms with van der Waals surface area (Å²) in [4.78, 5) is 12.6. The number of hydrogen-bond acceptors (Lipinski definition) is 1. The number of carbonyl (C=O) groups is 1. The van der Waals surface area contributed by atoms with Crippen molar-refractivity contribution in [1.82, 2.24) is 0 Å². The van der Waals surface area contributed by atoms with Crippen molar-refractivity contribution in [3.05, 3.63) is 70.5 Å². The molecule has 0 radical (unpaired) electrons. The molecule has 3 rings (SSSR count). The van der Waals surface area contributed by atoms with E-state index in [1.807, 2.05) is 19.1 Å². The van der Waals surface area contributed by atoms with Gasteiger partial charge in [-0.15, -0.1) is 0 Å². The molecule has 0 amide bonds. The third-order valence-electron chi connectivity index (χ3n) is 4.18. The molecule has 0 bridgehead atoms. The molecule has 0 heterocycles. The van der Waals surface area contributed by atoms with E-state index in [9.17, 15) is 9.18 Å². The molecule has 0 saturated carbocycles. The van der Waals surface area contributed by atoms with Crippen molar-refractivity contribution >= 4 is 5.78 Å². The van der Waals surface area contributed by atoms with Gasteiger partial charge in [0, 0.05) is 11.5 Å². The zero-order valence-electron chi connectivity index (χ0n) is 11.5. The monoisotopic (exact) mass is 268 g/mol. The molecule has 0 saturated heterocycles. The molecule has 0 N–H and O–H groups in total. The van der Waals surface area contributed by atoms with Crippen LogP contribution < -0.4 is 0 Å². The molecule has 0 spiro atoms. The Morgan fingerprint density at radius 2 is 1.90 bits per heavy atom. The second-order valence-corrected chi connectivity index (χ2v) is 5.53. The fraction of sp³-hybridized carbons (Fsp3) is 0.278. The number of carbonyl (C=O) groups excluding carboxylic acids is 1. The number of rotatable bonds is 2. The lowest BCUT2D eigenvalue weighted by Gasteiger charge is -2.24. The Morgan fingerprint density at radius 1 is 1.15 bits per heavy atom. The van der Waals surface area contributed by atoms with E-state index in [1.165, 1.54) is 23.3 Å². The molecule has 1 nitrogen and oxygen atoms in total. The molecule has 2 aromatic rings. The summed E-state index contributed by atoms with van der Waals surface area (Å²) in [6.07, 6.45) is 2.55. The molecule has 1 aliphatic carbocycles. The van der Waals surface area contributed by atoms with Crippen molar-refractivity contribution in [2.24, 2.45) is 5.92 Å². The number of hydrogen-bond donors (Lipinski definition) is 0. The molecule has 102 valence electrons. The maximum absolute atomic E-state index is 13.4. The SMILES string of the molecule is Cc1ccc(F)cc1C(=O)C1CCc2ccccc2C1. The van der Waals surface area contributed by atoms with Crippen LogP contribution in [0.2, 0.25) is 0 Å². The zero-order chi connectivity index (χ0) is 14.1. The van der Waals surface area contributed by atoms with E-state index in [0.29, 0.717) is 5.56 Å². The second kappa shape index (κ2) is 5.20. The number of ketones is 1. The molecule has 2 heteroatoms. The lowest BCUT2D eigenvalue weighted by Crippen LogP contribution is -2.23. The minimum absolute atomic E-state index is 0.0228. The van der Waals surface area contributed by atoms with E-state index in [0.717, 1.165) is 24.8 Å². The molecule has 1 aliphatic rings. The highest BCUT2D eigenvalue weighted by atomic mass is 19.1. The molecule has 0 fully saturated rings. The highest BCUT2D eigenvalue weighted by Crippen LogP contribution is 2.28. The summed E-state index contributed by atoms with van der Waals surface area (Å²) in [5, 5.41) is 0. The summed E-state index contributed by atoms with van der Waals surface area (Å²) in [5.74, 6) is -0.280. The highest BCUT2D eigenvalue weighted by Gasteiger charge is 2.26. The van der Waals surface area contributed by atoms with Crippen molar-refractivity contribution in [2.75, 3.05) is 0 Å². The Bertz CT molecular complexity index is 660. The molecule has 1 unspecified atom stereocenters. The molecular weight excluding hydrogens is 251 g/mol. The van der Waals surface area contributed by atoms with Gasteiger partial charge in [0.15, 0.2) is 5.78 Å². The van der Waals surface area contributed by atoms with Gasteiger partial charge in [-0.1, -0.05) is 30.3 Å². The van der Waals surface area contributed by atoms with Gasteiger partial charge in [-0.2, -0.15) is 0 Å².